The summed E-state index contributed by atoms with van der Waals surface area (Å²) in [4.78, 5) is 14.9. The van der Waals surface area contributed by atoms with Gasteiger partial charge in [0, 0.05) is 47.6 Å². The molecule has 0 aliphatic carbocycles. The standard InChI is InChI=1S/C51H31N3OS/c1-4-14-32(15-5-1)46-39(28-29-45-48(46)41-22-10-11-25-44(41)56-45)36-26-27-40-43(31-36)55-42-24-13-23-38(47(40)42)35-20-12-21-37(30-35)51-53-49(33-16-6-2-7-17-33)52-50(54-51)34-18-8-3-9-19-34/h1-31H. The Hall–Kier alpha value is -7.21. The average Bonchev–Trinajstić information content (AvgIpc) is 3.85. The van der Waals surface area contributed by atoms with E-state index in [1.807, 2.05) is 72.0 Å². The van der Waals surface area contributed by atoms with Gasteiger partial charge in [-0.25, -0.2) is 15.0 Å². The van der Waals surface area contributed by atoms with E-state index in [0.29, 0.717) is 17.5 Å². The summed E-state index contributed by atoms with van der Waals surface area (Å²) in [5, 5.41) is 4.74. The second kappa shape index (κ2) is 13.3. The molecule has 56 heavy (non-hydrogen) atoms. The molecule has 0 amide bonds. The molecule has 4 nitrogen and oxygen atoms in total. The first kappa shape index (κ1) is 32.2. The van der Waals surface area contributed by atoms with Gasteiger partial charge in [0.05, 0.1) is 0 Å². The predicted molar refractivity (Wildman–Crippen MR) is 233 cm³/mol. The van der Waals surface area contributed by atoms with Gasteiger partial charge in [-0.05, 0) is 69.8 Å². The summed E-state index contributed by atoms with van der Waals surface area (Å²) in [5.74, 6) is 1.90. The van der Waals surface area contributed by atoms with Crippen molar-refractivity contribution in [3.63, 3.8) is 0 Å². The van der Waals surface area contributed by atoms with Crippen molar-refractivity contribution in [3.05, 3.63) is 188 Å². The maximum absolute atomic E-state index is 6.68. The van der Waals surface area contributed by atoms with Crippen molar-refractivity contribution in [2.45, 2.75) is 0 Å². The van der Waals surface area contributed by atoms with Crippen molar-refractivity contribution in [1.29, 1.82) is 0 Å². The second-order valence-electron chi connectivity index (χ2n) is 13.9. The van der Waals surface area contributed by atoms with E-state index in [4.69, 9.17) is 19.4 Å². The normalized spacial score (nSPS) is 11.6. The number of benzene rings is 8. The summed E-state index contributed by atoms with van der Waals surface area (Å²) in [6.07, 6.45) is 0. The molecule has 0 unspecified atom stereocenters. The lowest BCUT2D eigenvalue weighted by Crippen LogP contribution is -2.00. The van der Waals surface area contributed by atoms with Crippen molar-refractivity contribution >= 4 is 53.4 Å². The molecule has 0 atom stereocenters. The monoisotopic (exact) mass is 733 g/mol. The summed E-state index contributed by atoms with van der Waals surface area (Å²) in [6.45, 7) is 0. The lowest BCUT2D eigenvalue weighted by atomic mass is 9.90. The van der Waals surface area contributed by atoms with Gasteiger partial charge in [-0.1, -0.05) is 152 Å². The molecule has 262 valence electrons. The summed E-state index contributed by atoms with van der Waals surface area (Å²) in [5.41, 5.74) is 11.4. The predicted octanol–water partition coefficient (Wildman–Crippen LogP) is 14.1. The molecule has 8 aromatic carbocycles. The van der Waals surface area contributed by atoms with Crippen molar-refractivity contribution in [1.82, 2.24) is 15.0 Å². The highest BCUT2D eigenvalue weighted by molar-refractivity contribution is 7.26. The van der Waals surface area contributed by atoms with Crippen molar-refractivity contribution in [2.75, 3.05) is 0 Å². The van der Waals surface area contributed by atoms with Crippen LogP contribution >= 0.6 is 11.3 Å². The molecular formula is C51H31N3OS. The number of fused-ring (bicyclic) bond motifs is 6. The minimum atomic E-state index is 0.623. The Bertz CT molecular complexity index is 3180. The molecule has 3 heterocycles. The van der Waals surface area contributed by atoms with Crippen LogP contribution in [-0.4, -0.2) is 15.0 Å². The molecule has 0 aliphatic heterocycles. The van der Waals surface area contributed by atoms with Crippen LogP contribution < -0.4 is 0 Å². The summed E-state index contributed by atoms with van der Waals surface area (Å²) >= 11 is 1.85. The van der Waals surface area contributed by atoms with Gasteiger partial charge in [0.25, 0.3) is 0 Å². The molecule has 0 aliphatic rings. The SMILES string of the molecule is c1ccc(-c2nc(-c3ccccc3)nc(-c3cccc(-c4cccc5oc6cc(-c7ccc8sc9ccccc9c8c7-c7ccccc7)ccc6c45)c3)n2)cc1. The Labute approximate surface area is 327 Å². The summed E-state index contributed by atoms with van der Waals surface area (Å²) in [7, 11) is 0. The van der Waals surface area contributed by atoms with E-state index in [9.17, 15) is 0 Å². The third-order valence-electron chi connectivity index (χ3n) is 10.5. The number of furan rings is 1. The fraction of sp³-hybridized carbons (Fsp3) is 0. The van der Waals surface area contributed by atoms with Crippen LogP contribution in [0, 0.1) is 0 Å². The Morgan fingerprint density at radius 3 is 1.66 bits per heavy atom. The fourth-order valence-electron chi connectivity index (χ4n) is 7.96. The minimum absolute atomic E-state index is 0.623. The molecule has 3 aromatic heterocycles. The minimum Gasteiger partial charge on any atom is -0.456 e. The van der Waals surface area contributed by atoms with Gasteiger partial charge in [-0.15, -0.1) is 11.3 Å². The maximum Gasteiger partial charge on any atom is 0.164 e. The largest absolute Gasteiger partial charge is 0.456 e. The van der Waals surface area contributed by atoms with E-state index in [0.717, 1.165) is 55.3 Å². The highest BCUT2D eigenvalue weighted by Gasteiger charge is 2.19. The van der Waals surface area contributed by atoms with Crippen LogP contribution in [0.3, 0.4) is 0 Å². The molecule has 0 saturated carbocycles. The number of thiophene rings is 1. The first-order valence-corrected chi connectivity index (χ1v) is 19.5. The topological polar surface area (TPSA) is 51.8 Å². The van der Waals surface area contributed by atoms with E-state index in [2.05, 4.69) is 127 Å². The van der Waals surface area contributed by atoms with Crippen LogP contribution in [-0.2, 0) is 0 Å². The molecule has 0 N–H and O–H groups in total. The van der Waals surface area contributed by atoms with Gasteiger partial charge < -0.3 is 4.42 Å². The van der Waals surface area contributed by atoms with Gasteiger partial charge in [0.1, 0.15) is 11.2 Å². The average molecular weight is 734 g/mol. The van der Waals surface area contributed by atoms with Crippen LogP contribution in [0.15, 0.2) is 192 Å². The third kappa shape index (κ3) is 5.48. The highest BCUT2D eigenvalue weighted by atomic mass is 32.1. The van der Waals surface area contributed by atoms with E-state index in [1.165, 1.54) is 36.9 Å². The maximum atomic E-state index is 6.68. The molecular weight excluding hydrogens is 703 g/mol. The van der Waals surface area contributed by atoms with Crippen LogP contribution in [0.1, 0.15) is 0 Å². The number of aromatic nitrogens is 3. The smallest absolute Gasteiger partial charge is 0.164 e. The molecule has 0 radical (unpaired) electrons. The quantitative estimate of drug-likeness (QED) is 0.171. The summed E-state index contributed by atoms with van der Waals surface area (Å²) < 4.78 is 9.26. The Kier molecular flexibility index (Phi) is 7.64. The second-order valence-corrected chi connectivity index (χ2v) is 15.0. The van der Waals surface area contributed by atoms with E-state index >= 15 is 0 Å². The lowest BCUT2D eigenvalue weighted by Gasteiger charge is -2.13. The molecule has 0 fully saturated rings. The molecule has 0 spiro atoms. The highest BCUT2D eigenvalue weighted by Crippen LogP contribution is 2.46. The van der Waals surface area contributed by atoms with Crippen LogP contribution in [0.2, 0.25) is 0 Å². The Morgan fingerprint density at radius 2 is 0.929 bits per heavy atom. The zero-order valence-electron chi connectivity index (χ0n) is 30.1. The number of nitrogens with zero attached hydrogens (tertiary/aromatic N) is 3. The molecule has 0 saturated heterocycles. The van der Waals surface area contributed by atoms with Crippen LogP contribution in [0.5, 0.6) is 0 Å². The van der Waals surface area contributed by atoms with Crippen molar-refractivity contribution < 1.29 is 4.42 Å². The molecule has 5 heteroatoms. The van der Waals surface area contributed by atoms with E-state index in [-0.39, 0.29) is 0 Å². The molecule has 11 aromatic rings. The molecule has 11 rings (SSSR count). The Morgan fingerprint density at radius 1 is 0.339 bits per heavy atom. The number of hydrogen-bond donors (Lipinski definition) is 0. The van der Waals surface area contributed by atoms with Crippen molar-refractivity contribution in [3.8, 4) is 67.5 Å². The fourth-order valence-corrected chi connectivity index (χ4v) is 9.07. The van der Waals surface area contributed by atoms with Gasteiger partial charge in [-0.2, -0.15) is 0 Å². The van der Waals surface area contributed by atoms with Gasteiger partial charge in [0.2, 0.25) is 0 Å². The zero-order chi connectivity index (χ0) is 37.0. The number of rotatable bonds is 6. The number of hydrogen-bond acceptors (Lipinski definition) is 5. The van der Waals surface area contributed by atoms with E-state index < -0.39 is 0 Å². The van der Waals surface area contributed by atoms with Crippen LogP contribution in [0.25, 0.3) is 110 Å². The first-order valence-electron chi connectivity index (χ1n) is 18.7. The van der Waals surface area contributed by atoms with E-state index in [1.54, 1.807) is 0 Å². The zero-order valence-corrected chi connectivity index (χ0v) is 30.9. The van der Waals surface area contributed by atoms with Gasteiger partial charge >= 0.3 is 0 Å². The summed E-state index contributed by atoms with van der Waals surface area (Å²) in [6, 6.07) is 65.6. The van der Waals surface area contributed by atoms with Crippen molar-refractivity contribution in [2.24, 2.45) is 0 Å². The van der Waals surface area contributed by atoms with Crippen LogP contribution in [0.4, 0.5) is 0 Å². The Balaban J connectivity index is 1.05. The first-order chi connectivity index (χ1) is 27.7. The van der Waals surface area contributed by atoms with Gasteiger partial charge in [0.15, 0.2) is 17.5 Å². The van der Waals surface area contributed by atoms with Gasteiger partial charge in [-0.3, -0.25) is 0 Å². The third-order valence-corrected chi connectivity index (χ3v) is 11.7. The lowest BCUT2D eigenvalue weighted by molar-refractivity contribution is 0.669. The molecule has 0 bridgehead atoms.